The number of nitrogens with zero attached hydrogens (tertiary/aromatic N) is 2. The lowest BCUT2D eigenvalue weighted by Crippen LogP contribution is -2.30. The summed E-state index contributed by atoms with van der Waals surface area (Å²) >= 11 is 7.65. The second-order valence-corrected chi connectivity index (χ2v) is 7.22. The van der Waals surface area contributed by atoms with Crippen molar-refractivity contribution in [3.05, 3.63) is 40.7 Å². The molecule has 0 radical (unpaired) electrons. The Labute approximate surface area is 156 Å². The van der Waals surface area contributed by atoms with E-state index in [-0.39, 0.29) is 11.8 Å². The molecule has 0 aliphatic rings. The highest BCUT2D eigenvalue weighted by atomic mass is 35.5. The fraction of sp³-hybridized carbons (Fsp3) is 0.353. The number of rotatable bonds is 6. The highest BCUT2D eigenvalue weighted by Gasteiger charge is 2.20. The predicted octanol–water partition coefficient (Wildman–Crippen LogP) is 3.43. The lowest BCUT2D eigenvalue weighted by Gasteiger charge is -2.11. The van der Waals surface area contributed by atoms with Gasteiger partial charge in [0.1, 0.15) is 5.69 Å². The van der Waals surface area contributed by atoms with Crippen molar-refractivity contribution in [3.8, 4) is 0 Å². The third kappa shape index (κ3) is 4.76. The average Bonchev–Trinajstić information content (AvgIpc) is 2.93. The Balaban J connectivity index is 2.23. The van der Waals surface area contributed by atoms with E-state index < -0.39 is 0 Å². The topological polar surface area (TPSA) is 76.0 Å². The lowest BCUT2D eigenvalue weighted by atomic mass is 10.2. The van der Waals surface area contributed by atoms with Gasteiger partial charge in [0.15, 0.2) is 0 Å². The van der Waals surface area contributed by atoms with Gasteiger partial charge in [-0.2, -0.15) is 5.10 Å². The molecule has 2 N–H and O–H groups in total. The van der Waals surface area contributed by atoms with Crippen LogP contribution in [-0.4, -0.2) is 34.4 Å². The van der Waals surface area contributed by atoms with Gasteiger partial charge in [0.05, 0.1) is 22.5 Å². The van der Waals surface area contributed by atoms with Gasteiger partial charge in [-0.05, 0) is 30.4 Å². The summed E-state index contributed by atoms with van der Waals surface area (Å²) in [4.78, 5) is 25.9. The molecule has 0 spiro atoms. The number of anilines is 1. The third-order valence-corrected chi connectivity index (χ3v) is 4.55. The van der Waals surface area contributed by atoms with Crippen LogP contribution >= 0.6 is 23.4 Å². The van der Waals surface area contributed by atoms with Gasteiger partial charge in [0.25, 0.3) is 11.8 Å². The number of benzene rings is 1. The number of aryl methyl sites for hydroxylation is 1. The highest BCUT2D eigenvalue weighted by molar-refractivity contribution is 7.98. The van der Waals surface area contributed by atoms with Gasteiger partial charge in [-0.1, -0.05) is 25.4 Å². The maximum Gasteiger partial charge on any atom is 0.271 e. The minimum atomic E-state index is -0.383. The highest BCUT2D eigenvalue weighted by Crippen LogP contribution is 2.24. The molecule has 25 heavy (non-hydrogen) atoms. The van der Waals surface area contributed by atoms with Crippen molar-refractivity contribution in [2.24, 2.45) is 13.0 Å². The first-order chi connectivity index (χ1) is 11.8. The summed E-state index contributed by atoms with van der Waals surface area (Å²) in [5.74, 6) is -0.344. The van der Waals surface area contributed by atoms with Crippen LogP contribution in [0.15, 0.2) is 29.3 Å². The summed E-state index contributed by atoms with van der Waals surface area (Å²) in [5, 5.41) is 9.98. The zero-order chi connectivity index (χ0) is 18.6. The molecule has 0 unspecified atom stereocenters. The van der Waals surface area contributed by atoms with Crippen LogP contribution in [0.5, 0.6) is 0 Å². The number of hydrogen-bond donors (Lipinski definition) is 2. The van der Waals surface area contributed by atoms with Gasteiger partial charge in [-0.3, -0.25) is 14.3 Å². The van der Waals surface area contributed by atoms with E-state index in [0.717, 1.165) is 4.90 Å². The van der Waals surface area contributed by atoms with Crippen molar-refractivity contribution in [1.29, 1.82) is 0 Å². The standard InChI is InChI=1S/C17H21ClN4O2S/c1-10(2)8-19-17(24)15-14(9-20-22(15)3)21-16(23)12-7-11(25-4)5-6-13(12)18/h5-7,9-10H,8H2,1-4H3,(H,19,24)(H,21,23). The lowest BCUT2D eigenvalue weighted by molar-refractivity contribution is 0.0940. The third-order valence-electron chi connectivity index (χ3n) is 3.49. The molecular weight excluding hydrogens is 360 g/mol. The van der Waals surface area contributed by atoms with Crippen LogP contribution in [0.1, 0.15) is 34.7 Å². The van der Waals surface area contributed by atoms with E-state index in [4.69, 9.17) is 11.6 Å². The number of nitrogens with one attached hydrogen (secondary N) is 2. The molecule has 1 aromatic heterocycles. The number of halogens is 1. The smallest absolute Gasteiger partial charge is 0.271 e. The summed E-state index contributed by atoms with van der Waals surface area (Å²) in [6.07, 6.45) is 3.37. The van der Waals surface area contributed by atoms with E-state index >= 15 is 0 Å². The minimum absolute atomic E-state index is 0.284. The zero-order valence-corrected chi connectivity index (χ0v) is 16.2. The van der Waals surface area contributed by atoms with Gasteiger partial charge in [0, 0.05) is 18.5 Å². The Kier molecular flexibility index (Phi) is 6.50. The van der Waals surface area contributed by atoms with E-state index in [9.17, 15) is 9.59 Å². The van der Waals surface area contributed by atoms with Crippen LogP contribution in [0.2, 0.25) is 5.02 Å². The van der Waals surface area contributed by atoms with E-state index in [1.807, 2.05) is 26.2 Å². The molecule has 134 valence electrons. The Morgan fingerprint density at radius 1 is 1.32 bits per heavy atom. The second-order valence-electron chi connectivity index (χ2n) is 5.93. The van der Waals surface area contributed by atoms with Gasteiger partial charge in [-0.25, -0.2) is 0 Å². The van der Waals surface area contributed by atoms with Crippen molar-refractivity contribution in [1.82, 2.24) is 15.1 Å². The summed E-state index contributed by atoms with van der Waals surface area (Å²) in [7, 11) is 1.65. The van der Waals surface area contributed by atoms with Gasteiger partial charge in [-0.15, -0.1) is 11.8 Å². The normalized spacial score (nSPS) is 10.8. The van der Waals surface area contributed by atoms with Crippen molar-refractivity contribution >= 4 is 40.9 Å². The summed E-state index contributed by atoms with van der Waals surface area (Å²) in [5.41, 5.74) is 0.997. The van der Waals surface area contributed by atoms with Crippen LogP contribution in [0.3, 0.4) is 0 Å². The van der Waals surface area contributed by atoms with E-state index in [1.54, 1.807) is 19.2 Å². The average molecular weight is 381 g/mol. The molecule has 0 aliphatic carbocycles. The molecule has 0 fully saturated rings. The molecule has 6 nitrogen and oxygen atoms in total. The molecule has 2 aromatic rings. The monoisotopic (exact) mass is 380 g/mol. The van der Waals surface area contributed by atoms with E-state index in [0.29, 0.717) is 34.4 Å². The molecule has 0 bridgehead atoms. The van der Waals surface area contributed by atoms with Gasteiger partial charge >= 0.3 is 0 Å². The Hall–Kier alpha value is -1.99. The van der Waals surface area contributed by atoms with Crippen LogP contribution in [0, 0.1) is 5.92 Å². The maximum absolute atomic E-state index is 12.6. The first-order valence-corrected chi connectivity index (χ1v) is 9.38. The SMILES string of the molecule is CSc1ccc(Cl)c(C(=O)Nc2cnn(C)c2C(=O)NCC(C)C)c1. The largest absolute Gasteiger partial charge is 0.350 e. The number of carbonyl (C=O) groups is 2. The number of aromatic nitrogens is 2. The summed E-state index contributed by atoms with van der Waals surface area (Å²) < 4.78 is 1.44. The number of amides is 2. The Morgan fingerprint density at radius 3 is 2.68 bits per heavy atom. The number of carbonyl (C=O) groups excluding carboxylic acids is 2. The number of hydrogen-bond acceptors (Lipinski definition) is 4. The molecule has 0 aliphatic heterocycles. The van der Waals surface area contributed by atoms with Crippen LogP contribution in [0.25, 0.3) is 0 Å². The van der Waals surface area contributed by atoms with Crippen molar-refractivity contribution in [3.63, 3.8) is 0 Å². The first kappa shape index (κ1) is 19.3. The Morgan fingerprint density at radius 2 is 2.04 bits per heavy atom. The molecule has 0 atom stereocenters. The second kappa shape index (κ2) is 8.40. The van der Waals surface area contributed by atoms with Crippen molar-refractivity contribution in [2.75, 3.05) is 18.1 Å². The first-order valence-electron chi connectivity index (χ1n) is 7.78. The van der Waals surface area contributed by atoms with Crippen LogP contribution in [-0.2, 0) is 7.05 Å². The Bertz CT molecular complexity index is 789. The van der Waals surface area contributed by atoms with Crippen molar-refractivity contribution < 1.29 is 9.59 Å². The summed E-state index contributed by atoms with van der Waals surface area (Å²) in [6.45, 7) is 4.55. The molecular formula is C17H21ClN4O2S. The fourth-order valence-electron chi connectivity index (χ4n) is 2.17. The van der Waals surface area contributed by atoms with Gasteiger partial charge in [0.2, 0.25) is 0 Å². The number of thioether (sulfide) groups is 1. The van der Waals surface area contributed by atoms with Crippen LogP contribution < -0.4 is 10.6 Å². The van der Waals surface area contributed by atoms with Gasteiger partial charge < -0.3 is 10.6 Å². The predicted molar refractivity (Wildman–Crippen MR) is 102 cm³/mol. The molecule has 2 amide bonds. The molecule has 0 saturated carbocycles. The minimum Gasteiger partial charge on any atom is -0.350 e. The summed E-state index contributed by atoms with van der Waals surface area (Å²) in [6, 6.07) is 5.25. The molecule has 1 heterocycles. The molecule has 1 aromatic carbocycles. The molecule has 2 rings (SSSR count). The van der Waals surface area contributed by atoms with Crippen molar-refractivity contribution in [2.45, 2.75) is 18.7 Å². The molecule has 0 saturated heterocycles. The van der Waals surface area contributed by atoms with E-state index in [2.05, 4.69) is 15.7 Å². The van der Waals surface area contributed by atoms with Crippen LogP contribution in [0.4, 0.5) is 5.69 Å². The quantitative estimate of drug-likeness (QED) is 0.753. The molecule has 8 heteroatoms. The maximum atomic E-state index is 12.6. The zero-order valence-electron chi connectivity index (χ0n) is 14.6. The van der Waals surface area contributed by atoms with E-state index in [1.165, 1.54) is 22.6 Å². The fourth-order valence-corrected chi connectivity index (χ4v) is 2.82.